The fraction of sp³-hybridized carbons (Fsp3) is 0.818. The van der Waals surface area contributed by atoms with Gasteiger partial charge in [0.2, 0.25) is 5.13 Å². The van der Waals surface area contributed by atoms with E-state index in [4.69, 9.17) is 0 Å². The molecule has 0 aliphatic heterocycles. The van der Waals surface area contributed by atoms with Crippen molar-refractivity contribution in [3.05, 3.63) is 5.82 Å². The van der Waals surface area contributed by atoms with Crippen LogP contribution in [0.2, 0.25) is 0 Å². The van der Waals surface area contributed by atoms with Gasteiger partial charge in [-0.1, -0.05) is 43.6 Å². The lowest BCUT2D eigenvalue weighted by Crippen LogP contribution is -2.13. The summed E-state index contributed by atoms with van der Waals surface area (Å²) < 4.78 is 4.36. The van der Waals surface area contributed by atoms with Crippen molar-refractivity contribution in [3.63, 3.8) is 0 Å². The Morgan fingerprint density at radius 2 is 2.12 bits per heavy atom. The molecule has 1 aromatic heterocycles. The number of alkyl halides is 1. The first-order valence-corrected chi connectivity index (χ1v) is 7.34. The highest BCUT2D eigenvalue weighted by atomic mass is 79.9. The van der Waals surface area contributed by atoms with E-state index < -0.39 is 0 Å². The van der Waals surface area contributed by atoms with Crippen LogP contribution in [0.25, 0.3) is 0 Å². The van der Waals surface area contributed by atoms with Crippen LogP contribution in [0.3, 0.4) is 0 Å². The topological polar surface area (TPSA) is 37.8 Å². The normalized spacial score (nSPS) is 13.8. The summed E-state index contributed by atoms with van der Waals surface area (Å²) in [5.74, 6) is 0.922. The maximum Gasteiger partial charge on any atom is 0.202 e. The predicted molar refractivity (Wildman–Crippen MR) is 74.7 cm³/mol. The average molecular weight is 306 g/mol. The summed E-state index contributed by atoms with van der Waals surface area (Å²) in [5, 5.41) is 4.25. The van der Waals surface area contributed by atoms with Crippen LogP contribution in [0.4, 0.5) is 5.13 Å². The summed E-state index contributed by atoms with van der Waals surface area (Å²) in [5.41, 5.74) is 0.0395. The van der Waals surface area contributed by atoms with Gasteiger partial charge in [0.1, 0.15) is 5.82 Å². The standard InChI is InChI=1S/C11H20BrN3S/c1-5-8(12)6-7-13-10-14-9(15-16-10)11(2,3)4/h8H,5-7H2,1-4H3,(H,13,14,15). The zero-order chi connectivity index (χ0) is 12.2. The molecule has 1 heterocycles. The number of aromatic nitrogens is 2. The molecule has 5 heteroatoms. The van der Waals surface area contributed by atoms with Crippen molar-refractivity contribution in [1.29, 1.82) is 0 Å². The van der Waals surface area contributed by atoms with Crippen LogP contribution in [0, 0.1) is 0 Å². The van der Waals surface area contributed by atoms with E-state index in [1.165, 1.54) is 11.5 Å². The van der Waals surface area contributed by atoms with E-state index in [9.17, 15) is 0 Å². The van der Waals surface area contributed by atoms with Gasteiger partial charge in [-0.15, -0.1) is 0 Å². The fourth-order valence-corrected chi connectivity index (χ4v) is 2.15. The zero-order valence-corrected chi connectivity index (χ0v) is 12.8. The largest absolute Gasteiger partial charge is 0.360 e. The minimum atomic E-state index is 0.0395. The number of hydrogen-bond donors (Lipinski definition) is 1. The second-order valence-electron chi connectivity index (χ2n) is 4.89. The van der Waals surface area contributed by atoms with Crippen molar-refractivity contribution >= 4 is 32.6 Å². The highest BCUT2D eigenvalue weighted by molar-refractivity contribution is 9.09. The molecule has 1 aromatic rings. The molecule has 16 heavy (non-hydrogen) atoms. The van der Waals surface area contributed by atoms with Crippen molar-refractivity contribution in [2.75, 3.05) is 11.9 Å². The SMILES string of the molecule is CCC(Br)CCNc1nc(C(C)(C)C)ns1. The van der Waals surface area contributed by atoms with Crippen molar-refractivity contribution in [3.8, 4) is 0 Å². The van der Waals surface area contributed by atoms with Crippen LogP contribution < -0.4 is 5.32 Å². The predicted octanol–water partition coefficient (Wildman–Crippen LogP) is 3.81. The third kappa shape index (κ3) is 4.37. The Morgan fingerprint density at radius 1 is 1.44 bits per heavy atom. The van der Waals surface area contributed by atoms with Gasteiger partial charge in [0.25, 0.3) is 0 Å². The van der Waals surface area contributed by atoms with E-state index in [0.717, 1.165) is 30.3 Å². The molecule has 0 amide bonds. The van der Waals surface area contributed by atoms with Crippen molar-refractivity contribution in [2.45, 2.75) is 50.8 Å². The molecule has 1 unspecified atom stereocenters. The van der Waals surface area contributed by atoms with Gasteiger partial charge < -0.3 is 5.32 Å². The summed E-state index contributed by atoms with van der Waals surface area (Å²) in [6, 6.07) is 0. The minimum absolute atomic E-state index is 0.0395. The second kappa shape index (κ2) is 5.96. The molecule has 0 aliphatic carbocycles. The van der Waals surface area contributed by atoms with Crippen LogP contribution in [0.15, 0.2) is 0 Å². The van der Waals surface area contributed by atoms with Gasteiger partial charge in [0, 0.05) is 28.3 Å². The molecule has 0 aromatic carbocycles. The summed E-state index contributed by atoms with van der Waals surface area (Å²) >= 11 is 5.06. The molecule has 0 fully saturated rings. The van der Waals surface area contributed by atoms with Gasteiger partial charge in [-0.3, -0.25) is 0 Å². The third-order valence-electron chi connectivity index (χ3n) is 2.27. The maximum atomic E-state index is 4.49. The van der Waals surface area contributed by atoms with Gasteiger partial charge in [0.15, 0.2) is 0 Å². The van der Waals surface area contributed by atoms with Gasteiger partial charge in [-0.05, 0) is 12.8 Å². The molecule has 1 rings (SSSR count). The molecule has 0 aliphatic rings. The number of anilines is 1. The van der Waals surface area contributed by atoms with Crippen LogP contribution in [0.1, 0.15) is 46.4 Å². The lowest BCUT2D eigenvalue weighted by atomic mass is 9.96. The molecule has 1 N–H and O–H groups in total. The monoisotopic (exact) mass is 305 g/mol. The third-order valence-corrected chi connectivity index (χ3v) is 4.05. The Kier molecular flexibility index (Phi) is 5.18. The molecule has 92 valence electrons. The highest BCUT2D eigenvalue weighted by Gasteiger charge is 2.19. The summed E-state index contributed by atoms with van der Waals surface area (Å²) in [7, 11) is 0. The minimum Gasteiger partial charge on any atom is -0.360 e. The Balaban J connectivity index is 2.41. The number of hydrogen-bond acceptors (Lipinski definition) is 4. The van der Waals surface area contributed by atoms with Gasteiger partial charge in [-0.2, -0.15) is 4.37 Å². The molecule has 0 spiro atoms. The fourth-order valence-electron chi connectivity index (χ4n) is 1.14. The van der Waals surface area contributed by atoms with E-state index in [-0.39, 0.29) is 5.41 Å². The quantitative estimate of drug-likeness (QED) is 0.841. The summed E-state index contributed by atoms with van der Waals surface area (Å²) in [6.45, 7) is 9.52. The molecular weight excluding hydrogens is 286 g/mol. The molecular formula is C11H20BrN3S. The number of nitrogens with zero attached hydrogens (tertiary/aromatic N) is 2. The number of halogens is 1. The lowest BCUT2D eigenvalue weighted by Gasteiger charge is -2.12. The van der Waals surface area contributed by atoms with E-state index in [1.54, 1.807) is 0 Å². The van der Waals surface area contributed by atoms with Crippen LogP contribution in [0.5, 0.6) is 0 Å². The summed E-state index contributed by atoms with van der Waals surface area (Å²) in [6.07, 6.45) is 2.27. The first kappa shape index (κ1) is 13.9. The Morgan fingerprint density at radius 3 is 2.62 bits per heavy atom. The van der Waals surface area contributed by atoms with E-state index in [2.05, 4.69) is 58.3 Å². The zero-order valence-electron chi connectivity index (χ0n) is 10.4. The van der Waals surface area contributed by atoms with Crippen molar-refractivity contribution < 1.29 is 0 Å². The first-order chi connectivity index (χ1) is 7.43. The van der Waals surface area contributed by atoms with E-state index in [1.807, 2.05) is 0 Å². The van der Waals surface area contributed by atoms with Crippen molar-refractivity contribution in [1.82, 2.24) is 9.36 Å². The lowest BCUT2D eigenvalue weighted by molar-refractivity contribution is 0.555. The molecule has 1 atom stereocenters. The average Bonchev–Trinajstić information content (AvgIpc) is 2.65. The Hall–Kier alpha value is -0.160. The molecule has 0 radical (unpaired) electrons. The molecule has 0 saturated heterocycles. The van der Waals surface area contributed by atoms with Gasteiger partial charge >= 0.3 is 0 Å². The van der Waals surface area contributed by atoms with E-state index in [0.29, 0.717) is 4.83 Å². The number of nitrogens with one attached hydrogen (secondary N) is 1. The van der Waals surface area contributed by atoms with Crippen LogP contribution >= 0.6 is 27.5 Å². The Labute approximate surface area is 110 Å². The molecule has 0 bridgehead atoms. The van der Waals surface area contributed by atoms with Gasteiger partial charge in [-0.25, -0.2) is 4.98 Å². The Bertz CT molecular complexity index is 319. The second-order valence-corrected chi connectivity index (χ2v) is 6.94. The smallest absolute Gasteiger partial charge is 0.202 e. The van der Waals surface area contributed by atoms with Crippen LogP contribution in [-0.2, 0) is 5.41 Å². The maximum absolute atomic E-state index is 4.49. The van der Waals surface area contributed by atoms with E-state index >= 15 is 0 Å². The van der Waals surface area contributed by atoms with Crippen molar-refractivity contribution in [2.24, 2.45) is 0 Å². The van der Waals surface area contributed by atoms with Crippen LogP contribution in [-0.4, -0.2) is 20.7 Å². The highest BCUT2D eigenvalue weighted by Crippen LogP contribution is 2.23. The van der Waals surface area contributed by atoms with Gasteiger partial charge in [0.05, 0.1) is 0 Å². The molecule has 0 saturated carbocycles. The molecule has 3 nitrogen and oxygen atoms in total. The summed E-state index contributed by atoms with van der Waals surface area (Å²) in [4.78, 5) is 5.08. The number of rotatable bonds is 5. The first-order valence-electron chi connectivity index (χ1n) is 5.65.